The number of benzene rings is 1. The van der Waals surface area contributed by atoms with Gasteiger partial charge in [-0.2, -0.15) is 0 Å². The molecular formula is C11H14ClNOS. The molecule has 0 unspecified atom stereocenters. The number of nitrogens with one attached hydrogen (secondary N) is 1. The van der Waals surface area contributed by atoms with Gasteiger partial charge in [-0.05, 0) is 24.1 Å². The van der Waals surface area contributed by atoms with E-state index in [4.69, 9.17) is 11.6 Å². The summed E-state index contributed by atoms with van der Waals surface area (Å²) in [6.07, 6.45) is 0.518. The van der Waals surface area contributed by atoms with Crippen LogP contribution in [0.1, 0.15) is 20.3 Å². The third-order valence-corrected chi connectivity index (χ3v) is 2.65. The molecule has 1 aromatic rings. The van der Waals surface area contributed by atoms with Crippen molar-refractivity contribution in [3.05, 3.63) is 23.2 Å². The topological polar surface area (TPSA) is 29.1 Å². The maximum atomic E-state index is 11.5. The summed E-state index contributed by atoms with van der Waals surface area (Å²) < 4.78 is 0. The highest BCUT2D eigenvalue weighted by molar-refractivity contribution is 7.80. The van der Waals surface area contributed by atoms with Crippen molar-refractivity contribution < 1.29 is 4.79 Å². The summed E-state index contributed by atoms with van der Waals surface area (Å²) in [4.78, 5) is 12.1. The van der Waals surface area contributed by atoms with E-state index in [2.05, 4.69) is 17.9 Å². The van der Waals surface area contributed by atoms with E-state index in [0.717, 1.165) is 5.69 Å². The Hall–Kier alpha value is -0.670. The van der Waals surface area contributed by atoms with Crippen molar-refractivity contribution in [1.82, 2.24) is 0 Å². The first kappa shape index (κ1) is 12.4. The van der Waals surface area contributed by atoms with Gasteiger partial charge in [0.05, 0.1) is 5.02 Å². The Morgan fingerprint density at radius 3 is 2.73 bits per heavy atom. The highest BCUT2D eigenvalue weighted by atomic mass is 35.5. The number of hydrogen-bond donors (Lipinski definition) is 2. The predicted molar refractivity (Wildman–Crippen MR) is 66.8 cm³/mol. The van der Waals surface area contributed by atoms with Crippen LogP contribution in [0.3, 0.4) is 0 Å². The molecule has 0 heterocycles. The van der Waals surface area contributed by atoms with Crippen molar-refractivity contribution in [3.8, 4) is 0 Å². The lowest BCUT2D eigenvalue weighted by molar-refractivity contribution is -0.116. The third-order valence-electron chi connectivity index (χ3n) is 1.82. The summed E-state index contributed by atoms with van der Waals surface area (Å²) in [5.41, 5.74) is 0.732. The van der Waals surface area contributed by atoms with Gasteiger partial charge in [0.1, 0.15) is 0 Å². The summed E-state index contributed by atoms with van der Waals surface area (Å²) >= 11 is 9.99. The van der Waals surface area contributed by atoms with Crippen LogP contribution in [0.5, 0.6) is 0 Å². The fraction of sp³-hybridized carbons (Fsp3) is 0.364. The van der Waals surface area contributed by atoms with Gasteiger partial charge in [-0.3, -0.25) is 4.79 Å². The number of thiol groups is 1. The lowest BCUT2D eigenvalue weighted by Gasteiger charge is -2.08. The minimum absolute atomic E-state index is 0.0139. The molecule has 2 nitrogen and oxygen atoms in total. The molecule has 0 radical (unpaired) electrons. The van der Waals surface area contributed by atoms with Gasteiger partial charge in [-0.1, -0.05) is 25.4 Å². The molecule has 1 aromatic carbocycles. The normalized spacial score (nSPS) is 10.5. The number of hydrogen-bond acceptors (Lipinski definition) is 2. The first-order chi connectivity index (χ1) is 6.99. The van der Waals surface area contributed by atoms with Crippen molar-refractivity contribution in [2.75, 3.05) is 5.32 Å². The molecule has 15 heavy (non-hydrogen) atoms. The Labute approximate surface area is 100 Å². The van der Waals surface area contributed by atoms with Crippen molar-refractivity contribution >= 4 is 35.8 Å². The standard InChI is InChI=1S/C11H14ClNOS/c1-7(2)5-11(14)13-8-3-4-9(12)10(15)6-8/h3-4,6-7,15H,5H2,1-2H3,(H,13,14). The molecule has 1 N–H and O–H groups in total. The largest absolute Gasteiger partial charge is 0.326 e. The van der Waals surface area contributed by atoms with Crippen molar-refractivity contribution in [3.63, 3.8) is 0 Å². The summed E-state index contributed by atoms with van der Waals surface area (Å²) in [5, 5.41) is 3.38. The van der Waals surface area contributed by atoms with E-state index in [1.54, 1.807) is 18.2 Å². The molecule has 0 aliphatic heterocycles. The molecule has 0 spiro atoms. The Balaban J connectivity index is 2.65. The highest BCUT2D eigenvalue weighted by Gasteiger charge is 2.05. The number of carbonyl (C=O) groups excluding carboxylic acids is 1. The van der Waals surface area contributed by atoms with E-state index < -0.39 is 0 Å². The highest BCUT2D eigenvalue weighted by Crippen LogP contribution is 2.23. The lowest BCUT2D eigenvalue weighted by Crippen LogP contribution is -2.13. The van der Waals surface area contributed by atoms with Crippen LogP contribution >= 0.6 is 24.2 Å². The molecule has 4 heteroatoms. The lowest BCUT2D eigenvalue weighted by atomic mass is 10.1. The van der Waals surface area contributed by atoms with Crippen molar-refractivity contribution in [1.29, 1.82) is 0 Å². The molecule has 1 rings (SSSR count). The molecule has 0 aliphatic rings. The number of amides is 1. The van der Waals surface area contributed by atoms with Gasteiger partial charge < -0.3 is 5.32 Å². The summed E-state index contributed by atoms with van der Waals surface area (Å²) in [7, 11) is 0. The second kappa shape index (κ2) is 5.42. The second-order valence-corrected chi connectivity index (χ2v) is 4.70. The molecule has 0 aliphatic carbocycles. The fourth-order valence-electron chi connectivity index (χ4n) is 1.17. The molecule has 0 fully saturated rings. The first-order valence-electron chi connectivity index (χ1n) is 4.77. The van der Waals surface area contributed by atoms with Crippen LogP contribution in [0, 0.1) is 5.92 Å². The summed E-state index contributed by atoms with van der Waals surface area (Å²) in [6, 6.07) is 5.22. The Bertz CT molecular complexity index is 366. The van der Waals surface area contributed by atoms with E-state index in [0.29, 0.717) is 22.3 Å². The predicted octanol–water partition coefficient (Wildman–Crippen LogP) is 3.61. The van der Waals surface area contributed by atoms with Crippen molar-refractivity contribution in [2.24, 2.45) is 5.92 Å². The van der Waals surface area contributed by atoms with Gasteiger partial charge in [-0.25, -0.2) is 0 Å². The zero-order valence-electron chi connectivity index (χ0n) is 8.75. The molecule has 0 atom stereocenters. The van der Waals surface area contributed by atoms with Crippen LogP contribution in [0.2, 0.25) is 5.02 Å². The third kappa shape index (κ3) is 4.14. The number of anilines is 1. The van der Waals surface area contributed by atoms with Crippen molar-refractivity contribution in [2.45, 2.75) is 25.2 Å². The molecule has 0 saturated heterocycles. The monoisotopic (exact) mass is 243 g/mol. The van der Waals surface area contributed by atoms with E-state index >= 15 is 0 Å². The molecular weight excluding hydrogens is 230 g/mol. The van der Waals surface area contributed by atoms with E-state index in [1.165, 1.54) is 0 Å². The number of carbonyl (C=O) groups is 1. The summed E-state index contributed by atoms with van der Waals surface area (Å²) in [5.74, 6) is 0.368. The van der Waals surface area contributed by atoms with Crippen LogP contribution in [-0.2, 0) is 4.79 Å². The average Bonchev–Trinajstić information content (AvgIpc) is 2.10. The molecule has 82 valence electrons. The van der Waals surface area contributed by atoms with Gasteiger partial charge in [0.25, 0.3) is 0 Å². The Morgan fingerprint density at radius 2 is 2.20 bits per heavy atom. The van der Waals surface area contributed by atoms with Crippen LogP contribution in [0.15, 0.2) is 23.1 Å². The number of rotatable bonds is 3. The maximum Gasteiger partial charge on any atom is 0.224 e. The van der Waals surface area contributed by atoms with E-state index in [9.17, 15) is 4.79 Å². The second-order valence-electron chi connectivity index (χ2n) is 3.81. The first-order valence-corrected chi connectivity index (χ1v) is 5.60. The van der Waals surface area contributed by atoms with Gasteiger partial charge in [0.2, 0.25) is 5.91 Å². The molecule has 1 amide bonds. The van der Waals surface area contributed by atoms with Gasteiger partial charge in [-0.15, -0.1) is 12.6 Å². The van der Waals surface area contributed by atoms with Crippen LogP contribution in [0.25, 0.3) is 0 Å². The summed E-state index contributed by atoms with van der Waals surface area (Å²) in [6.45, 7) is 4.01. The molecule has 0 saturated carbocycles. The SMILES string of the molecule is CC(C)CC(=O)Nc1ccc(Cl)c(S)c1. The zero-order chi connectivity index (χ0) is 11.4. The van der Waals surface area contributed by atoms with Gasteiger partial charge >= 0.3 is 0 Å². The minimum atomic E-state index is 0.0139. The Kier molecular flexibility index (Phi) is 4.48. The van der Waals surface area contributed by atoms with Gasteiger partial charge in [0.15, 0.2) is 0 Å². The van der Waals surface area contributed by atoms with E-state index in [1.807, 2.05) is 13.8 Å². The fourth-order valence-corrected chi connectivity index (χ4v) is 1.50. The van der Waals surface area contributed by atoms with Crippen LogP contribution in [0.4, 0.5) is 5.69 Å². The maximum absolute atomic E-state index is 11.5. The van der Waals surface area contributed by atoms with Crippen LogP contribution < -0.4 is 5.32 Å². The zero-order valence-corrected chi connectivity index (χ0v) is 10.4. The average molecular weight is 244 g/mol. The minimum Gasteiger partial charge on any atom is -0.326 e. The molecule has 0 aromatic heterocycles. The Morgan fingerprint density at radius 1 is 1.53 bits per heavy atom. The quantitative estimate of drug-likeness (QED) is 0.781. The molecule has 0 bridgehead atoms. The van der Waals surface area contributed by atoms with E-state index in [-0.39, 0.29) is 5.91 Å². The van der Waals surface area contributed by atoms with Crippen LogP contribution in [-0.4, -0.2) is 5.91 Å². The van der Waals surface area contributed by atoms with Gasteiger partial charge in [0, 0.05) is 17.0 Å². The number of halogens is 1. The smallest absolute Gasteiger partial charge is 0.224 e.